The van der Waals surface area contributed by atoms with Gasteiger partial charge in [0.05, 0.1) is 12.4 Å². The minimum atomic E-state index is -0.879. The van der Waals surface area contributed by atoms with Crippen molar-refractivity contribution in [1.29, 1.82) is 0 Å². The molecule has 0 spiro atoms. The molecule has 0 saturated carbocycles. The van der Waals surface area contributed by atoms with E-state index in [1.165, 1.54) is 0 Å². The molecule has 2 aromatic rings. The van der Waals surface area contributed by atoms with Gasteiger partial charge in [-0.05, 0) is 37.6 Å². The number of aliphatic carboxylic acids is 1. The number of thioether (sulfide) groups is 1. The number of aryl methyl sites for hydroxylation is 1. The molecule has 112 valence electrons. The highest BCUT2D eigenvalue weighted by Crippen LogP contribution is 2.23. The van der Waals surface area contributed by atoms with Crippen LogP contribution in [0.1, 0.15) is 19.2 Å². The Morgan fingerprint density at radius 2 is 2.05 bits per heavy atom. The van der Waals surface area contributed by atoms with Crippen LogP contribution in [-0.2, 0) is 4.79 Å². The number of hydrogen-bond donors (Lipinski definition) is 1. The Balaban J connectivity index is 2.20. The fourth-order valence-electron chi connectivity index (χ4n) is 1.77. The fourth-order valence-corrected chi connectivity index (χ4v) is 2.49. The Morgan fingerprint density at radius 1 is 1.33 bits per heavy atom. The van der Waals surface area contributed by atoms with E-state index < -0.39 is 5.97 Å². The maximum absolute atomic E-state index is 10.7. The minimum Gasteiger partial charge on any atom is -0.494 e. The highest BCUT2D eigenvalue weighted by atomic mass is 32.2. The third kappa shape index (κ3) is 3.98. The third-order valence-electron chi connectivity index (χ3n) is 2.69. The highest BCUT2D eigenvalue weighted by Gasteiger charge is 2.12. The van der Waals surface area contributed by atoms with Crippen molar-refractivity contribution in [2.75, 3.05) is 12.4 Å². The van der Waals surface area contributed by atoms with Crippen molar-refractivity contribution in [1.82, 2.24) is 14.8 Å². The first-order chi connectivity index (χ1) is 10.1. The van der Waals surface area contributed by atoms with Gasteiger partial charge in [0.2, 0.25) is 0 Å². The molecule has 21 heavy (non-hydrogen) atoms. The molecule has 0 amide bonds. The number of rotatable bonds is 7. The van der Waals surface area contributed by atoms with E-state index in [1.807, 2.05) is 35.8 Å². The molecule has 1 heterocycles. The summed E-state index contributed by atoms with van der Waals surface area (Å²) in [5, 5.41) is 17.4. The first-order valence-corrected chi connectivity index (χ1v) is 7.60. The topological polar surface area (TPSA) is 77.2 Å². The molecule has 2 rings (SSSR count). The number of carboxylic acid groups (broad SMARTS) is 1. The fraction of sp³-hybridized carbons (Fsp3) is 0.357. The molecule has 1 aromatic carbocycles. The Morgan fingerprint density at radius 3 is 2.67 bits per heavy atom. The van der Waals surface area contributed by atoms with E-state index in [0.717, 1.165) is 29.6 Å². The van der Waals surface area contributed by atoms with E-state index in [-0.39, 0.29) is 5.75 Å². The van der Waals surface area contributed by atoms with Crippen LogP contribution in [0.2, 0.25) is 0 Å². The van der Waals surface area contributed by atoms with Crippen molar-refractivity contribution in [3.05, 3.63) is 30.1 Å². The Bertz CT molecular complexity index is 610. The molecule has 0 radical (unpaired) electrons. The smallest absolute Gasteiger partial charge is 0.313 e. The SMILES string of the molecule is CCCOc1ccc(-n2c(C)nnc2SCC(=O)O)cc1. The van der Waals surface area contributed by atoms with Crippen LogP contribution in [0.3, 0.4) is 0 Å². The van der Waals surface area contributed by atoms with Gasteiger partial charge in [0.25, 0.3) is 0 Å². The van der Waals surface area contributed by atoms with Gasteiger partial charge in [-0.2, -0.15) is 0 Å². The lowest BCUT2D eigenvalue weighted by atomic mass is 10.3. The second-order valence-electron chi connectivity index (χ2n) is 4.39. The maximum atomic E-state index is 10.7. The average Bonchev–Trinajstić information content (AvgIpc) is 2.84. The zero-order valence-electron chi connectivity index (χ0n) is 11.9. The number of benzene rings is 1. The van der Waals surface area contributed by atoms with E-state index in [0.29, 0.717) is 17.6 Å². The molecule has 0 saturated heterocycles. The molecule has 7 heteroatoms. The maximum Gasteiger partial charge on any atom is 0.313 e. The zero-order chi connectivity index (χ0) is 15.2. The van der Waals surface area contributed by atoms with Crippen molar-refractivity contribution < 1.29 is 14.6 Å². The number of hydrogen-bond acceptors (Lipinski definition) is 5. The molecule has 0 aliphatic heterocycles. The second-order valence-corrected chi connectivity index (χ2v) is 5.33. The van der Waals surface area contributed by atoms with E-state index in [2.05, 4.69) is 17.1 Å². The number of carbonyl (C=O) groups is 1. The summed E-state index contributed by atoms with van der Waals surface area (Å²) in [5.41, 5.74) is 0.884. The summed E-state index contributed by atoms with van der Waals surface area (Å²) >= 11 is 1.15. The summed E-state index contributed by atoms with van der Waals surface area (Å²) < 4.78 is 7.37. The molecule has 1 N–H and O–H groups in total. The Hall–Kier alpha value is -2.02. The molecular formula is C14H17N3O3S. The summed E-state index contributed by atoms with van der Waals surface area (Å²) in [5.74, 6) is 0.599. The van der Waals surface area contributed by atoms with Crippen molar-refractivity contribution in [2.45, 2.75) is 25.4 Å². The van der Waals surface area contributed by atoms with Crippen molar-refractivity contribution in [2.24, 2.45) is 0 Å². The number of aromatic nitrogens is 3. The minimum absolute atomic E-state index is 0.0458. The average molecular weight is 307 g/mol. The van der Waals surface area contributed by atoms with E-state index in [9.17, 15) is 4.79 Å². The molecule has 0 aliphatic rings. The summed E-state index contributed by atoms with van der Waals surface area (Å²) in [7, 11) is 0. The molecular weight excluding hydrogens is 290 g/mol. The van der Waals surface area contributed by atoms with E-state index >= 15 is 0 Å². The molecule has 0 atom stereocenters. The van der Waals surface area contributed by atoms with Crippen LogP contribution >= 0.6 is 11.8 Å². The molecule has 0 unspecified atom stereocenters. The van der Waals surface area contributed by atoms with Crippen molar-refractivity contribution in [3.63, 3.8) is 0 Å². The van der Waals surface area contributed by atoms with Crippen LogP contribution < -0.4 is 4.74 Å². The summed E-state index contributed by atoms with van der Waals surface area (Å²) in [6.07, 6.45) is 0.961. The van der Waals surface area contributed by atoms with Crippen LogP contribution in [0.25, 0.3) is 5.69 Å². The van der Waals surface area contributed by atoms with E-state index in [4.69, 9.17) is 9.84 Å². The van der Waals surface area contributed by atoms with Crippen LogP contribution in [0.4, 0.5) is 0 Å². The summed E-state index contributed by atoms with van der Waals surface area (Å²) in [6.45, 7) is 4.57. The van der Waals surface area contributed by atoms with Crippen molar-refractivity contribution >= 4 is 17.7 Å². The summed E-state index contributed by atoms with van der Waals surface area (Å²) in [6, 6.07) is 7.59. The van der Waals surface area contributed by atoms with Gasteiger partial charge in [-0.15, -0.1) is 10.2 Å². The predicted octanol–water partition coefficient (Wildman–Crippen LogP) is 2.54. The number of nitrogens with zero attached hydrogens (tertiary/aromatic N) is 3. The van der Waals surface area contributed by atoms with Gasteiger partial charge in [0, 0.05) is 5.69 Å². The van der Waals surface area contributed by atoms with Crippen LogP contribution in [-0.4, -0.2) is 38.2 Å². The summed E-state index contributed by atoms with van der Waals surface area (Å²) in [4.78, 5) is 10.7. The zero-order valence-corrected chi connectivity index (χ0v) is 12.8. The molecule has 1 aromatic heterocycles. The van der Waals surface area contributed by atoms with Crippen LogP contribution in [0, 0.1) is 6.92 Å². The van der Waals surface area contributed by atoms with Gasteiger partial charge in [-0.25, -0.2) is 0 Å². The first-order valence-electron chi connectivity index (χ1n) is 6.61. The van der Waals surface area contributed by atoms with E-state index in [1.54, 1.807) is 0 Å². The van der Waals surface area contributed by atoms with Gasteiger partial charge in [0.15, 0.2) is 5.16 Å². The Kier molecular flexibility index (Phi) is 5.21. The van der Waals surface area contributed by atoms with Crippen LogP contribution in [0.15, 0.2) is 29.4 Å². The van der Waals surface area contributed by atoms with Gasteiger partial charge in [0.1, 0.15) is 11.6 Å². The Labute approximate surface area is 127 Å². The third-order valence-corrected chi connectivity index (χ3v) is 3.60. The van der Waals surface area contributed by atoms with Crippen molar-refractivity contribution in [3.8, 4) is 11.4 Å². The largest absolute Gasteiger partial charge is 0.494 e. The monoisotopic (exact) mass is 307 g/mol. The normalized spacial score (nSPS) is 10.6. The lowest BCUT2D eigenvalue weighted by molar-refractivity contribution is -0.133. The van der Waals surface area contributed by atoms with Gasteiger partial charge >= 0.3 is 5.97 Å². The highest BCUT2D eigenvalue weighted by molar-refractivity contribution is 7.99. The lowest BCUT2D eigenvalue weighted by Gasteiger charge is -2.09. The number of carboxylic acids is 1. The first kappa shape index (κ1) is 15.4. The molecule has 0 aliphatic carbocycles. The van der Waals surface area contributed by atoms with Gasteiger partial charge in [-0.3, -0.25) is 9.36 Å². The quantitative estimate of drug-likeness (QED) is 0.792. The second kappa shape index (κ2) is 7.12. The van der Waals surface area contributed by atoms with Gasteiger partial charge < -0.3 is 9.84 Å². The standard InChI is InChI=1S/C14H17N3O3S/c1-3-8-20-12-6-4-11(5-7-12)17-10(2)15-16-14(17)21-9-13(18)19/h4-7H,3,8-9H2,1-2H3,(H,18,19). The van der Waals surface area contributed by atoms with Gasteiger partial charge in [-0.1, -0.05) is 18.7 Å². The molecule has 0 fully saturated rings. The molecule has 0 bridgehead atoms. The number of ether oxygens (including phenoxy) is 1. The lowest BCUT2D eigenvalue weighted by Crippen LogP contribution is -2.03. The van der Waals surface area contributed by atoms with Crippen LogP contribution in [0.5, 0.6) is 5.75 Å². The predicted molar refractivity (Wildman–Crippen MR) is 80.2 cm³/mol. The molecule has 6 nitrogen and oxygen atoms in total.